The third kappa shape index (κ3) is 5.78. The molecule has 0 amide bonds. The van der Waals surface area contributed by atoms with Crippen LogP contribution in [0.25, 0.3) is 0 Å². The molecule has 1 saturated heterocycles. The molecule has 0 radical (unpaired) electrons. The largest absolute Gasteiger partial charge is 0.299 e. The van der Waals surface area contributed by atoms with Gasteiger partial charge in [-0.2, -0.15) is 0 Å². The first-order valence-electron chi connectivity index (χ1n) is 10.6. The lowest BCUT2D eigenvalue weighted by molar-refractivity contribution is -0.134. The minimum atomic E-state index is -0.219. The van der Waals surface area contributed by atoms with E-state index < -0.39 is 0 Å². The number of hydrogen-bond donors (Lipinski definition) is 0. The minimum Gasteiger partial charge on any atom is -0.299 e. The number of Topliss-reactive ketones (excluding diaryl/α,β-unsaturated/α-hetero) is 1. The van der Waals surface area contributed by atoms with Crippen LogP contribution in [0.15, 0.2) is 43.0 Å². The Morgan fingerprint density at radius 3 is 2.30 bits per heavy atom. The number of hydrogen-bond acceptors (Lipinski definition) is 2. The van der Waals surface area contributed by atoms with E-state index in [1.54, 1.807) is 0 Å². The number of allylic oxidation sites excluding steroid dienone is 1. The summed E-state index contributed by atoms with van der Waals surface area (Å²) in [6.07, 6.45) is 6.72. The van der Waals surface area contributed by atoms with Crippen molar-refractivity contribution in [3.8, 4) is 0 Å². The summed E-state index contributed by atoms with van der Waals surface area (Å²) in [5.74, 6) is 0.929. The summed E-state index contributed by atoms with van der Waals surface area (Å²) in [6.45, 7) is 17.1. The first-order valence-corrected chi connectivity index (χ1v) is 10.6. The monoisotopic (exact) mass is 369 g/mol. The molecule has 150 valence electrons. The van der Waals surface area contributed by atoms with Crippen molar-refractivity contribution in [3.05, 3.63) is 48.6 Å². The Hall–Kier alpha value is -1.41. The summed E-state index contributed by atoms with van der Waals surface area (Å²) < 4.78 is 0. The summed E-state index contributed by atoms with van der Waals surface area (Å²) in [7, 11) is 0. The number of nitrogens with zero attached hydrogens (tertiary/aromatic N) is 1. The van der Waals surface area contributed by atoms with E-state index in [-0.39, 0.29) is 10.8 Å². The van der Waals surface area contributed by atoms with Crippen LogP contribution in [-0.2, 0) is 4.79 Å². The van der Waals surface area contributed by atoms with E-state index in [0.29, 0.717) is 24.2 Å². The molecule has 0 aliphatic carbocycles. The first kappa shape index (κ1) is 21.9. The van der Waals surface area contributed by atoms with Crippen LogP contribution >= 0.6 is 0 Å². The first-order chi connectivity index (χ1) is 12.7. The molecule has 1 heterocycles. The van der Waals surface area contributed by atoms with Gasteiger partial charge in [0.2, 0.25) is 0 Å². The lowest BCUT2D eigenvalue weighted by Gasteiger charge is -2.44. The van der Waals surface area contributed by atoms with E-state index in [9.17, 15) is 4.79 Å². The second-order valence-corrected chi connectivity index (χ2v) is 9.80. The molecule has 1 aliphatic heterocycles. The predicted octanol–water partition coefficient (Wildman–Crippen LogP) is 6.44. The van der Waals surface area contributed by atoms with Crippen molar-refractivity contribution in [2.24, 2.45) is 16.7 Å². The second kappa shape index (κ2) is 9.19. The summed E-state index contributed by atoms with van der Waals surface area (Å²) >= 11 is 0. The van der Waals surface area contributed by atoms with Gasteiger partial charge in [-0.05, 0) is 62.6 Å². The Morgan fingerprint density at radius 2 is 1.78 bits per heavy atom. The number of piperidine rings is 1. The third-order valence-corrected chi connectivity index (χ3v) is 6.46. The van der Waals surface area contributed by atoms with E-state index in [1.807, 2.05) is 6.08 Å². The topological polar surface area (TPSA) is 20.3 Å². The normalized spacial score (nSPS) is 20.0. The highest BCUT2D eigenvalue weighted by Gasteiger charge is 2.42. The van der Waals surface area contributed by atoms with Gasteiger partial charge in [-0.25, -0.2) is 0 Å². The number of ketones is 1. The van der Waals surface area contributed by atoms with Crippen molar-refractivity contribution < 1.29 is 4.79 Å². The van der Waals surface area contributed by atoms with Gasteiger partial charge in [-0.3, -0.25) is 9.69 Å². The van der Waals surface area contributed by atoms with Gasteiger partial charge in [-0.1, -0.05) is 64.1 Å². The Bertz CT molecular complexity index is 607. The highest BCUT2D eigenvalue weighted by atomic mass is 16.1. The van der Waals surface area contributed by atoms with E-state index >= 15 is 0 Å². The van der Waals surface area contributed by atoms with Crippen LogP contribution in [0, 0.1) is 16.7 Å². The maximum atomic E-state index is 13.3. The van der Waals surface area contributed by atoms with Gasteiger partial charge in [0.05, 0.1) is 0 Å². The molecule has 1 fully saturated rings. The molecule has 2 nitrogen and oxygen atoms in total. The van der Waals surface area contributed by atoms with Gasteiger partial charge in [0.1, 0.15) is 5.78 Å². The molecule has 0 aromatic heterocycles. The molecule has 27 heavy (non-hydrogen) atoms. The predicted molar refractivity (Wildman–Crippen MR) is 116 cm³/mol. The lowest BCUT2D eigenvalue weighted by Crippen LogP contribution is -2.45. The van der Waals surface area contributed by atoms with E-state index in [2.05, 4.69) is 76.4 Å². The average Bonchev–Trinajstić information content (AvgIpc) is 2.65. The molecule has 1 aromatic rings. The van der Waals surface area contributed by atoms with Gasteiger partial charge in [-0.15, -0.1) is 6.58 Å². The van der Waals surface area contributed by atoms with Crippen LogP contribution < -0.4 is 0 Å². The van der Waals surface area contributed by atoms with Gasteiger partial charge in [0.15, 0.2) is 0 Å². The fraction of sp³-hybridized carbons (Fsp3) is 0.640. The summed E-state index contributed by atoms with van der Waals surface area (Å²) in [5.41, 5.74) is 1.22. The maximum absolute atomic E-state index is 13.3. The maximum Gasteiger partial charge on any atom is 0.139 e. The van der Waals surface area contributed by atoms with Crippen molar-refractivity contribution in [2.45, 2.75) is 72.8 Å². The number of rotatable bonds is 8. The Kier molecular flexibility index (Phi) is 7.45. The van der Waals surface area contributed by atoms with Gasteiger partial charge in [0, 0.05) is 17.9 Å². The smallest absolute Gasteiger partial charge is 0.139 e. The van der Waals surface area contributed by atoms with Crippen LogP contribution in [0.5, 0.6) is 0 Å². The SMILES string of the molecule is C=CCCC(C)(C(=O)CC(C)(C)C)C1CCN(C(C)c2ccccc2)CC1. The Morgan fingerprint density at radius 1 is 1.19 bits per heavy atom. The molecular formula is C25H39NO. The number of likely N-dealkylation sites (tertiary alicyclic amines) is 1. The number of carbonyl (C=O) groups is 1. The van der Waals surface area contributed by atoms with Crippen molar-refractivity contribution in [1.29, 1.82) is 0 Å². The van der Waals surface area contributed by atoms with Gasteiger partial charge < -0.3 is 0 Å². The van der Waals surface area contributed by atoms with Crippen molar-refractivity contribution in [2.75, 3.05) is 13.1 Å². The molecule has 1 aromatic carbocycles. The molecule has 2 heteroatoms. The molecule has 0 saturated carbocycles. The zero-order valence-electron chi connectivity index (χ0n) is 18.1. The highest BCUT2D eigenvalue weighted by Crippen LogP contribution is 2.43. The van der Waals surface area contributed by atoms with Crippen LogP contribution in [0.3, 0.4) is 0 Å². The average molecular weight is 370 g/mol. The number of carbonyl (C=O) groups excluding carboxylic acids is 1. The van der Waals surface area contributed by atoms with Crippen LogP contribution in [0.1, 0.15) is 78.3 Å². The fourth-order valence-electron chi connectivity index (χ4n) is 4.52. The number of benzene rings is 1. The highest BCUT2D eigenvalue weighted by molar-refractivity contribution is 5.85. The van der Waals surface area contributed by atoms with Crippen LogP contribution in [0.2, 0.25) is 0 Å². The van der Waals surface area contributed by atoms with Gasteiger partial charge in [0.25, 0.3) is 0 Å². The van der Waals surface area contributed by atoms with Gasteiger partial charge >= 0.3 is 0 Å². The quantitative estimate of drug-likeness (QED) is 0.492. The van der Waals surface area contributed by atoms with Crippen molar-refractivity contribution in [3.63, 3.8) is 0 Å². The van der Waals surface area contributed by atoms with Crippen LogP contribution in [0.4, 0.5) is 0 Å². The third-order valence-electron chi connectivity index (χ3n) is 6.46. The second-order valence-electron chi connectivity index (χ2n) is 9.80. The fourth-order valence-corrected chi connectivity index (χ4v) is 4.52. The zero-order valence-corrected chi connectivity index (χ0v) is 18.1. The molecular weight excluding hydrogens is 330 g/mol. The van der Waals surface area contributed by atoms with E-state index in [1.165, 1.54) is 5.56 Å². The van der Waals surface area contributed by atoms with Crippen LogP contribution in [-0.4, -0.2) is 23.8 Å². The summed E-state index contributed by atoms with van der Waals surface area (Å²) in [5, 5.41) is 0. The summed E-state index contributed by atoms with van der Waals surface area (Å²) in [4.78, 5) is 15.9. The molecule has 0 bridgehead atoms. The summed E-state index contributed by atoms with van der Waals surface area (Å²) in [6, 6.07) is 11.2. The molecule has 2 rings (SSSR count). The lowest BCUT2D eigenvalue weighted by atomic mass is 9.64. The molecule has 0 spiro atoms. The van der Waals surface area contributed by atoms with Crippen molar-refractivity contribution in [1.82, 2.24) is 4.90 Å². The van der Waals surface area contributed by atoms with E-state index in [4.69, 9.17) is 0 Å². The Balaban J connectivity index is 2.06. The van der Waals surface area contributed by atoms with Crippen molar-refractivity contribution >= 4 is 5.78 Å². The minimum absolute atomic E-state index is 0.0506. The molecule has 2 atom stereocenters. The molecule has 2 unspecified atom stereocenters. The standard InChI is InChI=1S/C25H39NO/c1-7-8-16-25(6,23(27)19-24(3,4)5)22-14-17-26(18-15-22)20(2)21-12-10-9-11-13-21/h7,9-13,20,22H,1,8,14-19H2,2-6H3. The van der Waals surface area contributed by atoms with E-state index in [0.717, 1.165) is 38.8 Å². The zero-order chi connectivity index (χ0) is 20.1. The molecule has 0 N–H and O–H groups in total. The molecule has 1 aliphatic rings. The Labute approximate surface area is 167 Å².